The van der Waals surface area contributed by atoms with Crippen molar-refractivity contribution in [2.45, 2.75) is 32.9 Å². The molecule has 0 spiro atoms. The van der Waals surface area contributed by atoms with Crippen molar-refractivity contribution < 1.29 is 9.53 Å². The molecule has 6 nitrogen and oxygen atoms in total. The van der Waals surface area contributed by atoms with Crippen LogP contribution in [0, 0.1) is 12.8 Å². The smallest absolute Gasteiger partial charge is 0.227 e. The summed E-state index contributed by atoms with van der Waals surface area (Å²) in [5, 5.41) is 10.5. The number of hydrogen-bond donors (Lipinski definition) is 2. The van der Waals surface area contributed by atoms with E-state index in [1.54, 1.807) is 0 Å². The van der Waals surface area contributed by atoms with Crippen molar-refractivity contribution in [1.82, 2.24) is 20.4 Å². The fourth-order valence-corrected chi connectivity index (χ4v) is 2.36. The van der Waals surface area contributed by atoms with Gasteiger partial charge in [0, 0.05) is 18.8 Å². The maximum atomic E-state index is 12.2. The summed E-state index contributed by atoms with van der Waals surface area (Å²) in [6, 6.07) is 0.141. The summed E-state index contributed by atoms with van der Waals surface area (Å²) in [5.74, 6) is -0.0131. The molecular weight excluding hydrogens is 256 g/mol. The second-order valence-electron chi connectivity index (χ2n) is 5.28. The molecule has 0 aliphatic carbocycles. The fraction of sp³-hybridized carbons (Fsp3) is 0.714. The average molecular weight is 280 g/mol. The first-order valence-corrected chi connectivity index (χ1v) is 7.28. The van der Waals surface area contributed by atoms with Gasteiger partial charge in [-0.2, -0.15) is 5.10 Å². The number of aromatic nitrogens is 2. The summed E-state index contributed by atoms with van der Waals surface area (Å²) >= 11 is 0. The maximum Gasteiger partial charge on any atom is 0.227 e. The van der Waals surface area contributed by atoms with Gasteiger partial charge >= 0.3 is 0 Å². The van der Waals surface area contributed by atoms with E-state index >= 15 is 0 Å². The number of hydrogen-bond acceptors (Lipinski definition) is 4. The molecule has 1 aromatic heterocycles. The van der Waals surface area contributed by atoms with Gasteiger partial charge in [-0.3, -0.25) is 9.48 Å². The molecule has 2 heterocycles. The van der Waals surface area contributed by atoms with Crippen LogP contribution in [0.2, 0.25) is 0 Å². The molecule has 2 rings (SSSR count). The predicted octanol–water partition coefficient (Wildman–Crippen LogP) is 0.322. The molecule has 20 heavy (non-hydrogen) atoms. The lowest BCUT2D eigenvalue weighted by atomic mass is 10.0. The summed E-state index contributed by atoms with van der Waals surface area (Å²) in [6.45, 7) is 7.46. The van der Waals surface area contributed by atoms with Gasteiger partial charge in [-0.15, -0.1) is 0 Å². The van der Waals surface area contributed by atoms with E-state index in [0.717, 1.165) is 18.5 Å². The van der Waals surface area contributed by atoms with E-state index in [9.17, 15) is 4.79 Å². The minimum absolute atomic E-state index is 0.0694. The van der Waals surface area contributed by atoms with Crippen molar-refractivity contribution in [3.63, 3.8) is 0 Å². The summed E-state index contributed by atoms with van der Waals surface area (Å²) in [7, 11) is 0. The topological polar surface area (TPSA) is 68.2 Å². The lowest BCUT2D eigenvalue weighted by Crippen LogP contribution is -2.44. The third-order valence-corrected chi connectivity index (χ3v) is 3.48. The summed E-state index contributed by atoms with van der Waals surface area (Å²) in [5.41, 5.74) is 1.13. The largest absolute Gasteiger partial charge is 0.379 e. The first-order valence-electron chi connectivity index (χ1n) is 7.28. The average Bonchev–Trinajstić information content (AvgIpc) is 3.05. The van der Waals surface area contributed by atoms with Crippen LogP contribution in [0.4, 0.5) is 0 Å². The Labute approximate surface area is 119 Å². The maximum absolute atomic E-state index is 12.2. The molecule has 2 unspecified atom stereocenters. The van der Waals surface area contributed by atoms with Gasteiger partial charge < -0.3 is 15.4 Å². The number of amides is 1. The molecule has 1 saturated heterocycles. The van der Waals surface area contributed by atoms with Crippen molar-refractivity contribution in [2.24, 2.45) is 5.92 Å². The minimum atomic E-state index is -0.0825. The third-order valence-electron chi connectivity index (χ3n) is 3.48. The fourth-order valence-electron chi connectivity index (χ4n) is 2.36. The Morgan fingerprint density at radius 3 is 3.05 bits per heavy atom. The van der Waals surface area contributed by atoms with Crippen LogP contribution in [0.3, 0.4) is 0 Å². The highest BCUT2D eigenvalue weighted by atomic mass is 16.5. The molecule has 112 valence electrons. The van der Waals surface area contributed by atoms with Gasteiger partial charge in [0.25, 0.3) is 0 Å². The second kappa shape index (κ2) is 7.40. The molecule has 2 atom stereocenters. The molecule has 2 N–H and O–H groups in total. The summed E-state index contributed by atoms with van der Waals surface area (Å²) in [4.78, 5) is 12.2. The van der Waals surface area contributed by atoms with E-state index in [2.05, 4.69) is 22.7 Å². The van der Waals surface area contributed by atoms with Crippen LogP contribution in [-0.4, -0.2) is 48.0 Å². The van der Waals surface area contributed by atoms with Crippen LogP contribution < -0.4 is 10.6 Å². The number of ether oxygens (including phenoxy) is 1. The number of rotatable bonds is 7. The standard InChI is InChI=1S/C14H24N4O2/c1-3-4-15-13-10-20-9-12(13)14(19)16-5-6-18-8-11(2)7-17-18/h7-8,12-13,15H,3-6,9-10H2,1-2H3,(H,16,19). The monoisotopic (exact) mass is 280 g/mol. The first-order chi connectivity index (χ1) is 9.70. The zero-order chi connectivity index (χ0) is 14.4. The zero-order valence-corrected chi connectivity index (χ0v) is 12.3. The van der Waals surface area contributed by atoms with Gasteiger partial charge in [0.1, 0.15) is 0 Å². The molecule has 0 radical (unpaired) electrons. The number of carbonyl (C=O) groups is 1. The van der Waals surface area contributed by atoms with Gasteiger partial charge in [0.15, 0.2) is 0 Å². The van der Waals surface area contributed by atoms with Crippen molar-refractivity contribution >= 4 is 5.91 Å². The van der Waals surface area contributed by atoms with Crippen LogP contribution >= 0.6 is 0 Å². The number of nitrogens with one attached hydrogen (secondary N) is 2. The molecule has 1 amide bonds. The Morgan fingerprint density at radius 2 is 2.35 bits per heavy atom. The van der Waals surface area contributed by atoms with Crippen molar-refractivity contribution in [2.75, 3.05) is 26.3 Å². The Hall–Kier alpha value is -1.40. The molecule has 1 aromatic rings. The van der Waals surface area contributed by atoms with Crippen molar-refractivity contribution in [3.05, 3.63) is 18.0 Å². The lowest BCUT2D eigenvalue weighted by Gasteiger charge is -2.18. The second-order valence-corrected chi connectivity index (χ2v) is 5.28. The van der Waals surface area contributed by atoms with Gasteiger partial charge in [-0.1, -0.05) is 6.92 Å². The first kappa shape index (κ1) is 15.0. The molecule has 0 aromatic carbocycles. The predicted molar refractivity (Wildman–Crippen MR) is 76.4 cm³/mol. The summed E-state index contributed by atoms with van der Waals surface area (Å²) in [6.07, 6.45) is 4.84. The number of nitrogens with zero attached hydrogens (tertiary/aromatic N) is 2. The lowest BCUT2D eigenvalue weighted by molar-refractivity contribution is -0.125. The number of carbonyl (C=O) groups excluding carboxylic acids is 1. The van der Waals surface area contributed by atoms with Gasteiger partial charge in [0.2, 0.25) is 5.91 Å². The van der Waals surface area contributed by atoms with Crippen LogP contribution in [0.5, 0.6) is 0 Å². The van der Waals surface area contributed by atoms with Crippen LogP contribution in [0.25, 0.3) is 0 Å². The molecule has 0 bridgehead atoms. The van der Waals surface area contributed by atoms with Gasteiger partial charge in [0.05, 0.1) is 31.9 Å². The van der Waals surface area contributed by atoms with E-state index in [-0.39, 0.29) is 17.9 Å². The Balaban J connectivity index is 1.73. The molecular formula is C14H24N4O2. The Morgan fingerprint density at radius 1 is 1.50 bits per heavy atom. The number of aryl methyl sites for hydroxylation is 1. The van der Waals surface area contributed by atoms with Crippen LogP contribution in [0.1, 0.15) is 18.9 Å². The molecule has 1 aliphatic rings. The molecule has 1 aliphatic heterocycles. The Bertz CT molecular complexity index is 433. The van der Waals surface area contributed by atoms with E-state index < -0.39 is 0 Å². The van der Waals surface area contributed by atoms with Crippen LogP contribution in [-0.2, 0) is 16.1 Å². The van der Waals surface area contributed by atoms with E-state index in [4.69, 9.17) is 4.74 Å². The summed E-state index contributed by atoms with van der Waals surface area (Å²) < 4.78 is 7.26. The van der Waals surface area contributed by atoms with E-state index in [1.807, 2.05) is 24.0 Å². The highest BCUT2D eigenvalue weighted by Crippen LogP contribution is 2.13. The highest BCUT2D eigenvalue weighted by molar-refractivity contribution is 5.79. The van der Waals surface area contributed by atoms with Crippen LogP contribution in [0.15, 0.2) is 12.4 Å². The molecule has 1 fully saturated rings. The van der Waals surface area contributed by atoms with Crippen molar-refractivity contribution in [3.8, 4) is 0 Å². The van der Waals surface area contributed by atoms with Gasteiger partial charge in [-0.05, 0) is 25.5 Å². The highest BCUT2D eigenvalue weighted by Gasteiger charge is 2.33. The van der Waals surface area contributed by atoms with Gasteiger partial charge in [-0.25, -0.2) is 0 Å². The molecule has 0 saturated carbocycles. The minimum Gasteiger partial charge on any atom is -0.379 e. The van der Waals surface area contributed by atoms with E-state index in [0.29, 0.717) is 26.3 Å². The Kier molecular flexibility index (Phi) is 5.55. The zero-order valence-electron chi connectivity index (χ0n) is 12.3. The van der Waals surface area contributed by atoms with E-state index in [1.165, 1.54) is 0 Å². The normalized spacial score (nSPS) is 22.1. The van der Waals surface area contributed by atoms with Crippen molar-refractivity contribution in [1.29, 1.82) is 0 Å². The third kappa shape index (κ3) is 4.05. The molecule has 6 heteroatoms. The quantitative estimate of drug-likeness (QED) is 0.755. The SMILES string of the molecule is CCCNC1COCC1C(=O)NCCn1cc(C)cn1.